The van der Waals surface area contributed by atoms with Gasteiger partial charge in [0.25, 0.3) is 0 Å². The van der Waals surface area contributed by atoms with Crippen molar-refractivity contribution in [2.45, 2.75) is 77.4 Å². The van der Waals surface area contributed by atoms with Crippen LogP contribution in [0.15, 0.2) is 12.2 Å². The molecule has 0 radical (unpaired) electrons. The van der Waals surface area contributed by atoms with Gasteiger partial charge in [-0.1, -0.05) is 31.9 Å². The first-order chi connectivity index (χ1) is 13.4. The molecular formula is C22H33NO5. The lowest BCUT2D eigenvalue weighted by molar-refractivity contribution is -0.152. The minimum Gasteiger partial charge on any atom is -0.466 e. The van der Waals surface area contributed by atoms with E-state index >= 15 is 0 Å². The highest BCUT2D eigenvalue weighted by Gasteiger charge is 2.61. The molecule has 1 saturated carbocycles. The number of aliphatic hydroxyl groups is 1. The molecule has 2 aliphatic heterocycles. The molecule has 28 heavy (non-hydrogen) atoms. The van der Waals surface area contributed by atoms with E-state index in [2.05, 4.69) is 12.2 Å². The fourth-order valence-corrected chi connectivity index (χ4v) is 4.72. The molecule has 0 aromatic heterocycles. The van der Waals surface area contributed by atoms with Crippen LogP contribution in [-0.4, -0.2) is 53.0 Å². The van der Waals surface area contributed by atoms with Crippen LogP contribution in [0.2, 0.25) is 0 Å². The molecule has 1 N–H and O–H groups in total. The van der Waals surface area contributed by atoms with Crippen molar-refractivity contribution >= 4 is 17.7 Å². The van der Waals surface area contributed by atoms with E-state index in [1.165, 1.54) is 0 Å². The van der Waals surface area contributed by atoms with Gasteiger partial charge in [0.2, 0.25) is 5.91 Å². The summed E-state index contributed by atoms with van der Waals surface area (Å²) in [6, 6.07) is -0.633. The van der Waals surface area contributed by atoms with Crippen LogP contribution in [0.25, 0.3) is 0 Å². The van der Waals surface area contributed by atoms with E-state index in [1.54, 1.807) is 11.8 Å². The number of allylic oxidation sites excluding steroid dienone is 2. The Morgan fingerprint density at radius 2 is 2.11 bits per heavy atom. The number of esters is 1. The van der Waals surface area contributed by atoms with Crippen molar-refractivity contribution in [3.63, 3.8) is 0 Å². The topological polar surface area (TPSA) is 83.9 Å². The van der Waals surface area contributed by atoms with Gasteiger partial charge >= 0.3 is 5.97 Å². The quantitative estimate of drug-likeness (QED) is 0.578. The average molecular weight is 392 g/mol. The number of nitrogens with zero attached hydrogens (tertiary/aromatic N) is 1. The van der Waals surface area contributed by atoms with E-state index in [9.17, 15) is 19.5 Å². The summed E-state index contributed by atoms with van der Waals surface area (Å²) < 4.78 is 5.28. The van der Waals surface area contributed by atoms with Crippen LogP contribution in [0.5, 0.6) is 0 Å². The minimum atomic E-state index is -0.794. The lowest BCUT2D eigenvalue weighted by Gasteiger charge is -2.27. The first-order valence-electron chi connectivity index (χ1n) is 10.7. The first kappa shape index (κ1) is 21.0. The molecule has 6 heteroatoms. The molecule has 0 aromatic carbocycles. The van der Waals surface area contributed by atoms with E-state index in [4.69, 9.17) is 4.74 Å². The summed E-state index contributed by atoms with van der Waals surface area (Å²) in [4.78, 5) is 40.3. The summed E-state index contributed by atoms with van der Waals surface area (Å²) >= 11 is 0. The molecule has 156 valence electrons. The molecule has 0 bridgehead atoms. The molecule has 1 amide bonds. The number of ether oxygens (including phenoxy) is 1. The zero-order valence-electron chi connectivity index (χ0n) is 17.1. The van der Waals surface area contributed by atoms with Crippen LogP contribution in [0.1, 0.15) is 65.2 Å². The van der Waals surface area contributed by atoms with E-state index < -0.39 is 17.6 Å². The van der Waals surface area contributed by atoms with Crippen molar-refractivity contribution in [1.29, 1.82) is 0 Å². The van der Waals surface area contributed by atoms with Gasteiger partial charge in [-0.05, 0) is 38.5 Å². The Hall–Kier alpha value is -1.69. The summed E-state index contributed by atoms with van der Waals surface area (Å²) in [5.41, 5.74) is -0.794. The molecule has 6 nitrogen and oxygen atoms in total. The molecule has 0 aromatic rings. The van der Waals surface area contributed by atoms with Crippen LogP contribution in [0.4, 0.5) is 0 Å². The van der Waals surface area contributed by atoms with Crippen molar-refractivity contribution in [3.8, 4) is 0 Å². The van der Waals surface area contributed by atoms with Gasteiger partial charge in [0.1, 0.15) is 0 Å². The van der Waals surface area contributed by atoms with Crippen molar-refractivity contribution in [2.75, 3.05) is 13.2 Å². The SMILES string of the molecule is CCOC(=O)[C@]12CC(=O)[C@@H]3C[C@H](O)CN3C(=O)[C@@H](C)CCCCC/C=C\[C@@H]1C2. The number of hydrogen-bond acceptors (Lipinski definition) is 5. The molecule has 1 aliphatic carbocycles. The lowest BCUT2D eigenvalue weighted by atomic mass is 9.91. The summed E-state index contributed by atoms with van der Waals surface area (Å²) in [6.45, 7) is 4.17. The number of Topliss-reactive ketones (excluding diaryl/α,β-unsaturated/α-hetero) is 1. The smallest absolute Gasteiger partial charge is 0.313 e. The molecule has 2 heterocycles. The summed E-state index contributed by atoms with van der Waals surface area (Å²) in [6.07, 6.45) is 9.30. The fourth-order valence-electron chi connectivity index (χ4n) is 4.72. The van der Waals surface area contributed by atoms with E-state index in [-0.39, 0.29) is 55.5 Å². The maximum Gasteiger partial charge on any atom is 0.313 e. The van der Waals surface area contributed by atoms with Gasteiger partial charge in [-0.2, -0.15) is 0 Å². The number of amides is 1. The fraction of sp³-hybridized carbons (Fsp3) is 0.773. The van der Waals surface area contributed by atoms with Gasteiger partial charge in [0, 0.05) is 25.3 Å². The molecule has 5 atom stereocenters. The van der Waals surface area contributed by atoms with Crippen molar-refractivity contribution < 1.29 is 24.2 Å². The Kier molecular flexibility index (Phi) is 6.58. The molecule has 0 spiro atoms. The molecule has 2 fully saturated rings. The zero-order chi connectivity index (χ0) is 20.3. The molecule has 3 rings (SSSR count). The maximum atomic E-state index is 13.1. The van der Waals surface area contributed by atoms with E-state index in [0.29, 0.717) is 6.42 Å². The number of carbonyl (C=O) groups excluding carboxylic acids is 3. The van der Waals surface area contributed by atoms with Gasteiger partial charge in [0.05, 0.1) is 24.2 Å². The van der Waals surface area contributed by atoms with Crippen LogP contribution >= 0.6 is 0 Å². The normalized spacial score (nSPS) is 38.0. The highest BCUT2D eigenvalue weighted by Crippen LogP contribution is 2.57. The number of carbonyl (C=O) groups is 3. The number of aliphatic hydroxyl groups excluding tert-OH is 1. The summed E-state index contributed by atoms with van der Waals surface area (Å²) in [5, 5.41) is 10.1. The number of fused-ring (bicyclic) bond motifs is 2. The monoisotopic (exact) mass is 391 g/mol. The van der Waals surface area contributed by atoms with Crippen LogP contribution in [0, 0.1) is 17.3 Å². The predicted molar refractivity (Wildman–Crippen MR) is 104 cm³/mol. The molecule has 3 aliphatic rings. The number of rotatable bonds is 2. The van der Waals surface area contributed by atoms with Gasteiger partial charge in [-0.15, -0.1) is 0 Å². The lowest BCUT2D eigenvalue weighted by Crippen LogP contribution is -2.44. The van der Waals surface area contributed by atoms with Crippen LogP contribution in [-0.2, 0) is 19.1 Å². The summed E-state index contributed by atoms with van der Waals surface area (Å²) in [5.74, 6) is -0.632. The number of hydrogen-bond donors (Lipinski definition) is 1. The molecule has 1 saturated heterocycles. The van der Waals surface area contributed by atoms with Crippen LogP contribution < -0.4 is 0 Å². The Morgan fingerprint density at radius 1 is 1.32 bits per heavy atom. The van der Waals surface area contributed by atoms with Crippen molar-refractivity contribution in [1.82, 2.24) is 4.90 Å². The second-order valence-electron chi connectivity index (χ2n) is 8.69. The van der Waals surface area contributed by atoms with Crippen molar-refractivity contribution in [3.05, 3.63) is 12.2 Å². The third kappa shape index (κ3) is 4.32. The Balaban J connectivity index is 1.84. The van der Waals surface area contributed by atoms with Gasteiger partial charge in [-0.3, -0.25) is 14.4 Å². The first-order valence-corrected chi connectivity index (χ1v) is 10.7. The second-order valence-corrected chi connectivity index (χ2v) is 8.69. The zero-order valence-corrected chi connectivity index (χ0v) is 17.1. The Labute approximate surface area is 167 Å². The van der Waals surface area contributed by atoms with E-state index in [0.717, 1.165) is 32.1 Å². The highest BCUT2D eigenvalue weighted by atomic mass is 16.5. The second kappa shape index (κ2) is 8.76. The highest BCUT2D eigenvalue weighted by molar-refractivity contribution is 5.95. The summed E-state index contributed by atoms with van der Waals surface area (Å²) in [7, 11) is 0. The van der Waals surface area contributed by atoms with Gasteiger partial charge < -0.3 is 14.7 Å². The van der Waals surface area contributed by atoms with Crippen molar-refractivity contribution in [2.24, 2.45) is 17.3 Å². The third-order valence-corrected chi connectivity index (χ3v) is 6.54. The maximum absolute atomic E-state index is 13.1. The predicted octanol–water partition coefficient (Wildman–Crippen LogP) is 2.63. The Bertz CT molecular complexity index is 645. The largest absolute Gasteiger partial charge is 0.466 e. The molecule has 0 unspecified atom stereocenters. The van der Waals surface area contributed by atoms with Crippen LogP contribution in [0.3, 0.4) is 0 Å². The Morgan fingerprint density at radius 3 is 2.86 bits per heavy atom. The number of ketones is 1. The average Bonchev–Trinajstić information content (AvgIpc) is 3.21. The minimum absolute atomic E-state index is 0.0232. The van der Waals surface area contributed by atoms with Gasteiger partial charge in [-0.25, -0.2) is 0 Å². The third-order valence-electron chi connectivity index (χ3n) is 6.54. The molecular weight excluding hydrogens is 358 g/mol. The van der Waals surface area contributed by atoms with E-state index in [1.807, 2.05) is 6.92 Å². The van der Waals surface area contributed by atoms with Gasteiger partial charge in [0.15, 0.2) is 5.78 Å². The standard InChI is InChI=1S/C22H33NO5/c1-3-28-21(27)22-12-16(22)10-8-6-4-5-7-9-15(2)20(26)23-14-17(24)11-18(23)19(25)13-22/h8,10,15-18,24H,3-7,9,11-14H2,1-2H3/b10-8-/t15-,16+,17-,18-,22+/m0/s1.